The number of carbonyl (C=O) groups excluding carboxylic acids is 1. The highest BCUT2D eigenvalue weighted by Crippen LogP contribution is 2.45. The summed E-state index contributed by atoms with van der Waals surface area (Å²) >= 11 is 0. The van der Waals surface area contributed by atoms with Gasteiger partial charge in [-0.05, 0) is 44.1 Å². The van der Waals surface area contributed by atoms with Gasteiger partial charge in [-0.25, -0.2) is 0 Å². The molecule has 120 valence electrons. The SMILES string of the molecule is COCCN1CCC[C@@H](C(=O)N2CCC3(CCCC3)C2)C1. The van der Waals surface area contributed by atoms with Crippen LogP contribution in [0.1, 0.15) is 44.9 Å². The molecule has 1 atom stereocenters. The minimum atomic E-state index is 0.229. The van der Waals surface area contributed by atoms with Gasteiger partial charge in [0.1, 0.15) is 0 Å². The van der Waals surface area contributed by atoms with E-state index in [1.165, 1.54) is 32.1 Å². The first kappa shape index (κ1) is 15.3. The third-order valence-corrected chi connectivity index (χ3v) is 5.88. The van der Waals surface area contributed by atoms with E-state index in [1.54, 1.807) is 7.11 Å². The average Bonchev–Trinajstić information content (AvgIpc) is 3.15. The van der Waals surface area contributed by atoms with Gasteiger partial charge in [0.05, 0.1) is 12.5 Å². The van der Waals surface area contributed by atoms with Gasteiger partial charge in [0, 0.05) is 33.3 Å². The number of hydrogen-bond donors (Lipinski definition) is 0. The molecule has 0 N–H and O–H groups in total. The first-order valence-electron chi connectivity index (χ1n) is 8.73. The number of nitrogens with zero attached hydrogens (tertiary/aromatic N) is 2. The Balaban J connectivity index is 1.53. The lowest BCUT2D eigenvalue weighted by molar-refractivity contribution is -0.136. The van der Waals surface area contributed by atoms with E-state index in [0.717, 1.165) is 52.2 Å². The molecular weight excluding hydrogens is 264 g/mol. The second-order valence-electron chi connectivity index (χ2n) is 7.35. The Morgan fingerprint density at radius 3 is 2.76 bits per heavy atom. The molecule has 2 aliphatic heterocycles. The maximum Gasteiger partial charge on any atom is 0.226 e. The van der Waals surface area contributed by atoms with E-state index >= 15 is 0 Å². The summed E-state index contributed by atoms with van der Waals surface area (Å²) in [5.74, 6) is 0.660. The molecule has 21 heavy (non-hydrogen) atoms. The molecule has 0 unspecified atom stereocenters. The summed E-state index contributed by atoms with van der Waals surface area (Å²) in [5, 5.41) is 0. The van der Waals surface area contributed by atoms with Gasteiger partial charge < -0.3 is 14.5 Å². The zero-order chi connectivity index (χ0) is 14.7. The number of rotatable bonds is 4. The zero-order valence-corrected chi connectivity index (χ0v) is 13.5. The first-order chi connectivity index (χ1) is 10.2. The van der Waals surface area contributed by atoms with Crippen LogP contribution in [0.25, 0.3) is 0 Å². The number of methoxy groups -OCH3 is 1. The molecule has 4 nitrogen and oxygen atoms in total. The summed E-state index contributed by atoms with van der Waals surface area (Å²) in [6, 6.07) is 0. The van der Waals surface area contributed by atoms with Gasteiger partial charge in [0.2, 0.25) is 5.91 Å². The van der Waals surface area contributed by atoms with Gasteiger partial charge in [-0.3, -0.25) is 4.79 Å². The molecule has 0 bridgehead atoms. The Bertz CT molecular complexity index is 366. The van der Waals surface area contributed by atoms with Crippen molar-refractivity contribution < 1.29 is 9.53 Å². The van der Waals surface area contributed by atoms with Crippen molar-refractivity contribution in [2.75, 3.05) is 46.4 Å². The minimum absolute atomic E-state index is 0.229. The molecule has 1 aliphatic carbocycles. The van der Waals surface area contributed by atoms with E-state index in [-0.39, 0.29) is 5.92 Å². The van der Waals surface area contributed by atoms with Gasteiger partial charge >= 0.3 is 0 Å². The second kappa shape index (κ2) is 6.66. The van der Waals surface area contributed by atoms with Crippen molar-refractivity contribution in [2.24, 2.45) is 11.3 Å². The van der Waals surface area contributed by atoms with E-state index in [9.17, 15) is 4.79 Å². The van der Waals surface area contributed by atoms with Crippen LogP contribution in [0.2, 0.25) is 0 Å². The summed E-state index contributed by atoms with van der Waals surface area (Å²) in [6.45, 7) is 5.84. The quantitative estimate of drug-likeness (QED) is 0.796. The lowest BCUT2D eigenvalue weighted by Gasteiger charge is -2.34. The highest BCUT2D eigenvalue weighted by Gasteiger charge is 2.43. The van der Waals surface area contributed by atoms with Crippen molar-refractivity contribution >= 4 is 5.91 Å². The molecule has 3 fully saturated rings. The van der Waals surface area contributed by atoms with Crippen LogP contribution in [-0.4, -0.2) is 62.1 Å². The lowest BCUT2D eigenvalue weighted by atomic mass is 9.85. The molecule has 2 saturated heterocycles. The third kappa shape index (κ3) is 3.42. The number of hydrogen-bond acceptors (Lipinski definition) is 3. The van der Waals surface area contributed by atoms with Crippen LogP contribution < -0.4 is 0 Å². The van der Waals surface area contributed by atoms with Gasteiger partial charge in [0.15, 0.2) is 0 Å². The summed E-state index contributed by atoms with van der Waals surface area (Å²) in [4.78, 5) is 17.4. The normalized spacial score (nSPS) is 29.4. The molecule has 1 saturated carbocycles. The maximum atomic E-state index is 12.8. The lowest BCUT2D eigenvalue weighted by Crippen LogP contribution is -2.45. The van der Waals surface area contributed by atoms with E-state index < -0.39 is 0 Å². The number of carbonyl (C=O) groups is 1. The zero-order valence-electron chi connectivity index (χ0n) is 13.5. The highest BCUT2D eigenvalue weighted by atomic mass is 16.5. The third-order valence-electron chi connectivity index (χ3n) is 5.88. The van der Waals surface area contributed by atoms with Crippen molar-refractivity contribution in [2.45, 2.75) is 44.9 Å². The monoisotopic (exact) mass is 294 g/mol. The second-order valence-corrected chi connectivity index (χ2v) is 7.35. The van der Waals surface area contributed by atoms with Crippen LogP contribution in [0.15, 0.2) is 0 Å². The summed E-state index contributed by atoms with van der Waals surface area (Å²) < 4.78 is 5.17. The fraction of sp³-hybridized carbons (Fsp3) is 0.941. The molecular formula is C17H30N2O2. The summed E-state index contributed by atoms with van der Waals surface area (Å²) in [7, 11) is 1.75. The average molecular weight is 294 g/mol. The van der Waals surface area contributed by atoms with Crippen molar-refractivity contribution in [3.63, 3.8) is 0 Å². The maximum absolute atomic E-state index is 12.8. The van der Waals surface area contributed by atoms with Crippen molar-refractivity contribution in [3.05, 3.63) is 0 Å². The van der Waals surface area contributed by atoms with Gasteiger partial charge in [-0.1, -0.05) is 12.8 Å². The smallest absolute Gasteiger partial charge is 0.226 e. The Hall–Kier alpha value is -0.610. The molecule has 0 aromatic heterocycles. The summed E-state index contributed by atoms with van der Waals surface area (Å²) in [6.07, 6.45) is 8.92. The van der Waals surface area contributed by atoms with Gasteiger partial charge in [-0.15, -0.1) is 0 Å². The molecule has 3 aliphatic rings. The van der Waals surface area contributed by atoms with E-state index in [4.69, 9.17) is 4.74 Å². The van der Waals surface area contributed by atoms with Crippen molar-refractivity contribution in [1.82, 2.24) is 9.80 Å². The van der Waals surface area contributed by atoms with Crippen molar-refractivity contribution in [3.8, 4) is 0 Å². The predicted octanol–water partition coefficient (Wildman–Crippen LogP) is 2.14. The summed E-state index contributed by atoms with van der Waals surface area (Å²) in [5.41, 5.74) is 0.500. The molecule has 3 rings (SSSR count). The van der Waals surface area contributed by atoms with E-state index in [0.29, 0.717) is 11.3 Å². The Labute approximate surface area is 128 Å². The van der Waals surface area contributed by atoms with Crippen LogP contribution >= 0.6 is 0 Å². The Morgan fingerprint density at radius 2 is 2.00 bits per heavy atom. The molecule has 1 amide bonds. The largest absolute Gasteiger partial charge is 0.383 e. The highest BCUT2D eigenvalue weighted by molar-refractivity contribution is 5.79. The fourth-order valence-corrected chi connectivity index (χ4v) is 4.60. The number of likely N-dealkylation sites (tertiary alicyclic amines) is 2. The first-order valence-corrected chi connectivity index (χ1v) is 8.73. The van der Waals surface area contributed by atoms with Crippen LogP contribution in [-0.2, 0) is 9.53 Å². The Kier molecular flexibility index (Phi) is 4.85. The van der Waals surface area contributed by atoms with Crippen LogP contribution in [0, 0.1) is 11.3 Å². The molecule has 2 heterocycles. The molecule has 0 radical (unpaired) electrons. The predicted molar refractivity (Wildman–Crippen MR) is 83.1 cm³/mol. The number of amides is 1. The molecule has 1 spiro atoms. The minimum Gasteiger partial charge on any atom is -0.383 e. The van der Waals surface area contributed by atoms with Crippen LogP contribution in [0.3, 0.4) is 0 Å². The standard InChI is InChI=1S/C17H30N2O2/c1-21-12-11-18-9-4-5-15(13-18)16(20)19-10-8-17(14-19)6-2-3-7-17/h15H,2-14H2,1H3/t15-/m1/s1. The topological polar surface area (TPSA) is 32.8 Å². The number of piperidine rings is 1. The fourth-order valence-electron chi connectivity index (χ4n) is 4.60. The van der Waals surface area contributed by atoms with Gasteiger partial charge in [0.25, 0.3) is 0 Å². The van der Waals surface area contributed by atoms with Crippen LogP contribution in [0.4, 0.5) is 0 Å². The van der Waals surface area contributed by atoms with Crippen LogP contribution in [0.5, 0.6) is 0 Å². The van der Waals surface area contributed by atoms with Crippen molar-refractivity contribution in [1.29, 1.82) is 0 Å². The number of ether oxygens (including phenoxy) is 1. The molecule has 0 aromatic rings. The molecule has 0 aromatic carbocycles. The van der Waals surface area contributed by atoms with E-state index in [1.807, 2.05) is 0 Å². The van der Waals surface area contributed by atoms with E-state index in [2.05, 4.69) is 9.80 Å². The van der Waals surface area contributed by atoms with Gasteiger partial charge in [-0.2, -0.15) is 0 Å². The Morgan fingerprint density at radius 1 is 1.19 bits per heavy atom. The molecule has 4 heteroatoms.